The number of hydrogen-bond donors (Lipinski definition) is 1. The number of nitrogens with one attached hydrogen (secondary N) is 1. The first-order chi connectivity index (χ1) is 14.7. The van der Waals surface area contributed by atoms with Crippen LogP contribution in [-0.4, -0.2) is 40.4 Å². The number of aryl methyl sites for hydroxylation is 2. The van der Waals surface area contributed by atoms with E-state index in [1.807, 2.05) is 36.5 Å². The van der Waals surface area contributed by atoms with Crippen molar-refractivity contribution in [2.45, 2.75) is 52.5 Å². The first kappa shape index (κ1) is 19.9. The van der Waals surface area contributed by atoms with E-state index < -0.39 is 0 Å². The summed E-state index contributed by atoms with van der Waals surface area (Å²) in [7, 11) is 0. The molecule has 3 heterocycles. The van der Waals surface area contributed by atoms with Gasteiger partial charge >= 0.3 is 0 Å². The quantitative estimate of drug-likeness (QED) is 0.478. The Morgan fingerprint density at radius 2 is 1.90 bits per heavy atom. The monoisotopic (exact) mass is 402 g/mol. The second-order valence-electron chi connectivity index (χ2n) is 7.28. The molecule has 0 aliphatic heterocycles. The van der Waals surface area contributed by atoms with E-state index in [1.165, 1.54) is 0 Å². The van der Waals surface area contributed by atoms with E-state index in [0.29, 0.717) is 5.82 Å². The second-order valence-corrected chi connectivity index (χ2v) is 7.28. The van der Waals surface area contributed by atoms with Crippen molar-refractivity contribution in [2.24, 2.45) is 0 Å². The van der Waals surface area contributed by atoms with E-state index in [0.717, 1.165) is 59.7 Å². The van der Waals surface area contributed by atoms with Gasteiger partial charge in [-0.3, -0.25) is 4.98 Å². The third-order valence-corrected chi connectivity index (χ3v) is 5.24. The Bertz CT molecular complexity index is 1080. The molecule has 0 aliphatic rings. The number of aromatic amines is 1. The lowest BCUT2D eigenvalue weighted by Gasteiger charge is -2.15. The molecule has 1 unspecified atom stereocenters. The number of hydrogen-bond acceptors (Lipinski definition) is 6. The molecule has 0 spiro atoms. The van der Waals surface area contributed by atoms with Crippen molar-refractivity contribution in [2.75, 3.05) is 0 Å². The lowest BCUT2D eigenvalue weighted by atomic mass is 10.0. The fraction of sp³-hybridized carbons (Fsp3) is 0.364. The molecule has 8 nitrogen and oxygen atoms in total. The average Bonchev–Trinajstić information content (AvgIpc) is 3.47. The molecule has 0 bridgehead atoms. The van der Waals surface area contributed by atoms with Crippen LogP contribution in [0.3, 0.4) is 0 Å². The van der Waals surface area contributed by atoms with Crippen LogP contribution in [0.2, 0.25) is 0 Å². The SMILES string of the molecule is CCCCc1nc(CC)nn1C(C)c1ccc(-c2ccccc2-c2nn[nH]n2)nc1. The van der Waals surface area contributed by atoms with Crippen LogP contribution in [0.4, 0.5) is 0 Å². The Hall–Kier alpha value is -3.42. The maximum Gasteiger partial charge on any atom is 0.205 e. The topological polar surface area (TPSA) is 98.1 Å². The molecular weight excluding hydrogens is 376 g/mol. The zero-order chi connectivity index (χ0) is 20.9. The molecule has 8 heteroatoms. The second kappa shape index (κ2) is 8.94. The summed E-state index contributed by atoms with van der Waals surface area (Å²) in [6.07, 6.45) is 5.95. The van der Waals surface area contributed by atoms with Crippen LogP contribution in [0.1, 0.15) is 56.9 Å². The van der Waals surface area contributed by atoms with Crippen molar-refractivity contribution in [3.05, 3.63) is 59.8 Å². The molecule has 4 rings (SSSR count). The van der Waals surface area contributed by atoms with Crippen LogP contribution in [0, 0.1) is 0 Å². The molecule has 0 aliphatic carbocycles. The summed E-state index contributed by atoms with van der Waals surface area (Å²) in [4.78, 5) is 9.46. The van der Waals surface area contributed by atoms with Crippen molar-refractivity contribution < 1.29 is 0 Å². The van der Waals surface area contributed by atoms with Gasteiger partial charge in [-0.1, -0.05) is 50.6 Å². The normalized spacial score (nSPS) is 12.2. The molecule has 1 N–H and O–H groups in total. The number of rotatable bonds is 8. The molecule has 0 saturated heterocycles. The third kappa shape index (κ3) is 3.98. The van der Waals surface area contributed by atoms with Crippen LogP contribution < -0.4 is 0 Å². The third-order valence-electron chi connectivity index (χ3n) is 5.24. The van der Waals surface area contributed by atoms with Crippen LogP contribution in [0.5, 0.6) is 0 Å². The molecule has 154 valence electrons. The molecule has 0 amide bonds. The van der Waals surface area contributed by atoms with Crippen LogP contribution in [-0.2, 0) is 12.8 Å². The van der Waals surface area contributed by atoms with Crippen molar-refractivity contribution in [3.8, 4) is 22.6 Å². The van der Waals surface area contributed by atoms with Gasteiger partial charge < -0.3 is 0 Å². The summed E-state index contributed by atoms with van der Waals surface area (Å²) >= 11 is 0. The first-order valence-corrected chi connectivity index (χ1v) is 10.4. The number of H-pyrrole nitrogens is 1. The lowest BCUT2D eigenvalue weighted by Crippen LogP contribution is -2.13. The molecule has 30 heavy (non-hydrogen) atoms. The molecule has 0 radical (unpaired) electrons. The van der Waals surface area contributed by atoms with E-state index in [1.54, 1.807) is 0 Å². The van der Waals surface area contributed by atoms with Gasteiger partial charge in [0.25, 0.3) is 0 Å². The highest BCUT2D eigenvalue weighted by atomic mass is 15.5. The Morgan fingerprint density at radius 1 is 1.07 bits per heavy atom. The number of pyridine rings is 1. The van der Waals surface area contributed by atoms with E-state index in [-0.39, 0.29) is 6.04 Å². The zero-order valence-electron chi connectivity index (χ0n) is 17.6. The van der Waals surface area contributed by atoms with Crippen LogP contribution >= 0.6 is 0 Å². The summed E-state index contributed by atoms with van der Waals surface area (Å²) in [6, 6.07) is 12.1. The Kier molecular flexibility index (Phi) is 5.92. The Labute approximate surface area is 175 Å². The van der Waals surface area contributed by atoms with Gasteiger partial charge in [-0.2, -0.15) is 10.3 Å². The molecule has 3 aromatic heterocycles. The lowest BCUT2D eigenvalue weighted by molar-refractivity contribution is 0.523. The highest BCUT2D eigenvalue weighted by Gasteiger charge is 2.17. The minimum absolute atomic E-state index is 0.0682. The van der Waals surface area contributed by atoms with Crippen molar-refractivity contribution in [1.82, 2.24) is 40.4 Å². The van der Waals surface area contributed by atoms with E-state index in [9.17, 15) is 0 Å². The highest BCUT2D eigenvalue weighted by Crippen LogP contribution is 2.29. The number of nitrogens with zero attached hydrogens (tertiary/aromatic N) is 7. The summed E-state index contributed by atoms with van der Waals surface area (Å²) in [5.74, 6) is 2.50. The molecule has 0 fully saturated rings. The van der Waals surface area contributed by atoms with Crippen molar-refractivity contribution >= 4 is 0 Å². The van der Waals surface area contributed by atoms with Crippen LogP contribution in [0.15, 0.2) is 42.6 Å². The smallest absolute Gasteiger partial charge is 0.205 e. The van der Waals surface area contributed by atoms with Crippen molar-refractivity contribution in [1.29, 1.82) is 0 Å². The Morgan fingerprint density at radius 3 is 2.57 bits per heavy atom. The molecule has 1 aromatic carbocycles. The number of unbranched alkanes of at least 4 members (excludes halogenated alkanes) is 1. The molecular formula is C22H26N8. The minimum Gasteiger partial charge on any atom is -0.256 e. The maximum absolute atomic E-state index is 4.74. The summed E-state index contributed by atoms with van der Waals surface area (Å²) in [6.45, 7) is 6.43. The van der Waals surface area contributed by atoms with E-state index >= 15 is 0 Å². The van der Waals surface area contributed by atoms with Gasteiger partial charge in [0.05, 0.1) is 11.7 Å². The molecule has 0 saturated carbocycles. The fourth-order valence-electron chi connectivity index (χ4n) is 3.50. The van der Waals surface area contributed by atoms with Gasteiger partial charge in [0.1, 0.15) is 5.82 Å². The zero-order valence-corrected chi connectivity index (χ0v) is 17.6. The van der Waals surface area contributed by atoms with E-state index in [2.05, 4.69) is 52.1 Å². The predicted octanol–water partition coefficient (Wildman–Crippen LogP) is 4.03. The number of aromatic nitrogens is 8. The highest BCUT2D eigenvalue weighted by molar-refractivity contribution is 5.78. The first-order valence-electron chi connectivity index (χ1n) is 10.4. The predicted molar refractivity (Wildman–Crippen MR) is 115 cm³/mol. The average molecular weight is 403 g/mol. The van der Waals surface area contributed by atoms with Crippen LogP contribution in [0.25, 0.3) is 22.6 Å². The number of tetrazole rings is 1. The van der Waals surface area contributed by atoms with Gasteiger partial charge in [-0.25, -0.2) is 9.67 Å². The van der Waals surface area contributed by atoms with Gasteiger partial charge in [-0.05, 0) is 30.2 Å². The summed E-state index contributed by atoms with van der Waals surface area (Å²) < 4.78 is 2.05. The van der Waals surface area contributed by atoms with Gasteiger partial charge in [0.2, 0.25) is 5.82 Å². The fourth-order valence-corrected chi connectivity index (χ4v) is 3.50. The summed E-state index contributed by atoms with van der Waals surface area (Å²) in [5.41, 5.74) is 3.83. The summed E-state index contributed by atoms with van der Waals surface area (Å²) in [5, 5.41) is 19.1. The van der Waals surface area contributed by atoms with E-state index in [4.69, 9.17) is 15.1 Å². The number of benzene rings is 1. The molecule has 4 aromatic rings. The van der Waals surface area contributed by atoms with Crippen molar-refractivity contribution in [3.63, 3.8) is 0 Å². The maximum atomic E-state index is 4.74. The van der Waals surface area contributed by atoms with Gasteiger partial charge in [-0.15, -0.1) is 10.2 Å². The largest absolute Gasteiger partial charge is 0.256 e. The van der Waals surface area contributed by atoms with Gasteiger partial charge in [0.15, 0.2) is 5.82 Å². The minimum atomic E-state index is 0.0682. The standard InChI is InChI=1S/C22H26N8/c1-4-6-11-21-24-20(5-2)27-30(21)15(3)16-12-13-19(23-14-16)17-9-7-8-10-18(17)22-25-28-29-26-22/h7-10,12-15H,4-6,11H2,1-3H3,(H,25,26,28,29). The molecule has 1 atom stereocenters. The Balaban J connectivity index is 1.63. The van der Waals surface area contributed by atoms with Gasteiger partial charge in [0, 0.05) is 30.2 Å².